The third-order valence-electron chi connectivity index (χ3n) is 2.71. The van der Waals surface area contributed by atoms with E-state index in [1.165, 1.54) is 0 Å². The zero-order chi connectivity index (χ0) is 14.5. The molecule has 3 aromatic rings. The van der Waals surface area contributed by atoms with Crippen LogP contribution in [-0.2, 0) is 6.18 Å². The number of benzene rings is 1. The predicted octanol–water partition coefficient (Wildman–Crippen LogP) is 3.49. The van der Waals surface area contributed by atoms with Crippen LogP contribution in [0.25, 0.3) is 16.3 Å². The second-order valence-corrected chi connectivity index (χ2v) is 5.46. The molecule has 2 heterocycles. The molecule has 0 unspecified atom stereocenters. The summed E-state index contributed by atoms with van der Waals surface area (Å²) >= 11 is 0.481. The van der Waals surface area contributed by atoms with Crippen LogP contribution < -0.4 is 0 Å². The molecule has 0 aliphatic heterocycles. The summed E-state index contributed by atoms with van der Waals surface area (Å²) in [4.78, 5) is 0.131. The van der Waals surface area contributed by atoms with E-state index in [2.05, 4.69) is 15.3 Å². The van der Waals surface area contributed by atoms with E-state index in [0.29, 0.717) is 22.7 Å². The van der Waals surface area contributed by atoms with Gasteiger partial charge < -0.3 is 0 Å². The number of fused-ring (bicyclic) bond motifs is 1. The van der Waals surface area contributed by atoms with Crippen LogP contribution in [0, 0.1) is 13.8 Å². The number of hydrogen-bond acceptors (Lipinski definition) is 4. The number of rotatable bonds is 1. The van der Waals surface area contributed by atoms with Gasteiger partial charge in [0.1, 0.15) is 0 Å². The molecule has 0 saturated carbocycles. The minimum atomic E-state index is -4.47. The summed E-state index contributed by atoms with van der Waals surface area (Å²) in [7, 11) is 0. The highest BCUT2D eigenvalue weighted by molar-refractivity contribution is 7.16. The quantitative estimate of drug-likeness (QED) is 0.690. The van der Waals surface area contributed by atoms with E-state index in [4.69, 9.17) is 0 Å². The molecule has 2 aromatic heterocycles. The Hall–Kier alpha value is -1.96. The van der Waals surface area contributed by atoms with Crippen LogP contribution in [0.3, 0.4) is 0 Å². The maximum absolute atomic E-state index is 12.7. The molecule has 0 aliphatic carbocycles. The SMILES string of the molecule is Cc1cc(C)cc(-c2nnc3sc(C(F)(F)F)nn23)c1. The second kappa shape index (κ2) is 4.27. The fourth-order valence-corrected chi connectivity index (χ4v) is 2.72. The largest absolute Gasteiger partial charge is 0.445 e. The molecule has 1 aromatic carbocycles. The molecular formula is C12H9F3N4S. The maximum Gasteiger partial charge on any atom is 0.445 e. The second-order valence-electron chi connectivity index (χ2n) is 4.50. The van der Waals surface area contributed by atoms with Gasteiger partial charge in [-0.3, -0.25) is 0 Å². The van der Waals surface area contributed by atoms with Gasteiger partial charge in [0.05, 0.1) is 0 Å². The molecule has 0 aliphatic rings. The van der Waals surface area contributed by atoms with Crippen molar-refractivity contribution in [3.63, 3.8) is 0 Å². The molecule has 4 nitrogen and oxygen atoms in total. The van der Waals surface area contributed by atoms with E-state index in [1.54, 1.807) is 0 Å². The van der Waals surface area contributed by atoms with Gasteiger partial charge in [-0.05, 0) is 26.0 Å². The summed E-state index contributed by atoms with van der Waals surface area (Å²) in [5.41, 5.74) is 2.71. The first-order valence-electron chi connectivity index (χ1n) is 5.73. The van der Waals surface area contributed by atoms with Crippen LogP contribution in [0.4, 0.5) is 13.2 Å². The van der Waals surface area contributed by atoms with E-state index in [9.17, 15) is 13.2 Å². The van der Waals surface area contributed by atoms with Crippen LogP contribution in [0.5, 0.6) is 0 Å². The lowest BCUT2D eigenvalue weighted by Gasteiger charge is -2.02. The van der Waals surface area contributed by atoms with E-state index < -0.39 is 11.2 Å². The predicted molar refractivity (Wildman–Crippen MR) is 68.6 cm³/mol. The van der Waals surface area contributed by atoms with Crippen LogP contribution in [0.15, 0.2) is 18.2 Å². The monoisotopic (exact) mass is 298 g/mol. The molecule has 8 heteroatoms. The smallest absolute Gasteiger partial charge is 0.182 e. The van der Waals surface area contributed by atoms with Gasteiger partial charge in [0, 0.05) is 5.56 Å². The minimum Gasteiger partial charge on any atom is -0.182 e. The Morgan fingerprint density at radius 1 is 1.05 bits per heavy atom. The van der Waals surface area contributed by atoms with Gasteiger partial charge in [-0.15, -0.1) is 15.3 Å². The van der Waals surface area contributed by atoms with Crippen molar-refractivity contribution in [2.75, 3.05) is 0 Å². The Morgan fingerprint density at radius 2 is 1.70 bits per heavy atom. The summed E-state index contributed by atoms with van der Waals surface area (Å²) < 4.78 is 39.1. The number of nitrogens with zero attached hydrogens (tertiary/aromatic N) is 4. The van der Waals surface area contributed by atoms with Crippen molar-refractivity contribution in [1.82, 2.24) is 19.8 Å². The van der Waals surface area contributed by atoms with E-state index in [1.807, 2.05) is 32.0 Å². The molecule has 0 radical (unpaired) electrons. The van der Waals surface area contributed by atoms with Crippen molar-refractivity contribution in [3.8, 4) is 11.4 Å². The average Bonchev–Trinajstić information content (AvgIpc) is 2.84. The fraction of sp³-hybridized carbons (Fsp3) is 0.250. The minimum absolute atomic E-state index is 0.131. The van der Waals surface area contributed by atoms with Gasteiger partial charge in [0.25, 0.3) is 0 Å². The summed E-state index contributed by atoms with van der Waals surface area (Å²) in [5, 5.41) is 10.3. The molecule has 0 fully saturated rings. The Bertz CT molecular complexity index is 767. The molecule has 0 bridgehead atoms. The molecule has 3 rings (SSSR count). The number of hydrogen-bond donors (Lipinski definition) is 0. The third-order valence-corrected chi connectivity index (χ3v) is 3.66. The van der Waals surface area contributed by atoms with Crippen LogP contribution >= 0.6 is 11.3 Å². The number of halogens is 3. The standard InChI is InChI=1S/C12H9F3N4S/c1-6-3-7(2)5-8(4-6)9-16-17-11-19(9)18-10(20-11)12(13,14)15/h3-5H,1-2H3. The van der Waals surface area contributed by atoms with Crippen molar-refractivity contribution in [2.45, 2.75) is 20.0 Å². The Kier molecular flexibility index (Phi) is 2.79. The Morgan fingerprint density at radius 3 is 2.30 bits per heavy atom. The first kappa shape index (κ1) is 13.0. The fourth-order valence-electron chi connectivity index (χ4n) is 2.02. The molecule has 0 amide bonds. The van der Waals surface area contributed by atoms with Crippen LogP contribution in [-0.4, -0.2) is 19.8 Å². The van der Waals surface area contributed by atoms with Crippen LogP contribution in [0.1, 0.15) is 16.1 Å². The molecule has 0 N–H and O–H groups in total. The normalized spacial score (nSPS) is 12.2. The zero-order valence-corrected chi connectivity index (χ0v) is 11.4. The summed E-state index contributed by atoms with van der Waals surface area (Å²) in [6.07, 6.45) is -4.47. The van der Waals surface area contributed by atoms with Crippen molar-refractivity contribution in [2.24, 2.45) is 0 Å². The maximum atomic E-state index is 12.7. The Balaban J connectivity index is 2.19. The van der Waals surface area contributed by atoms with Gasteiger partial charge in [-0.1, -0.05) is 28.5 Å². The van der Waals surface area contributed by atoms with Crippen LogP contribution in [0.2, 0.25) is 0 Å². The third kappa shape index (κ3) is 2.15. The summed E-state index contributed by atoms with van der Waals surface area (Å²) in [5.74, 6) is 0.318. The van der Waals surface area contributed by atoms with E-state index >= 15 is 0 Å². The lowest BCUT2D eigenvalue weighted by atomic mass is 10.1. The van der Waals surface area contributed by atoms with E-state index in [-0.39, 0.29) is 4.96 Å². The van der Waals surface area contributed by atoms with Crippen molar-refractivity contribution >= 4 is 16.3 Å². The Labute approximate surface area is 115 Å². The van der Waals surface area contributed by atoms with Gasteiger partial charge >= 0.3 is 6.18 Å². The molecule has 20 heavy (non-hydrogen) atoms. The lowest BCUT2D eigenvalue weighted by Crippen LogP contribution is -2.05. The highest BCUT2D eigenvalue weighted by Gasteiger charge is 2.36. The number of aromatic nitrogens is 4. The van der Waals surface area contributed by atoms with Gasteiger partial charge in [-0.25, -0.2) is 0 Å². The topological polar surface area (TPSA) is 43.1 Å². The summed E-state index contributed by atoms with van der Waals surface area (Å²) in [6, 6.07) is 5.66. The van der Waals surface area contributed by atoms with Crippen molar-refractivity contribution < 1.29 is 13.2 Å². The van der Waals surface area contributed by atoms with Crippen molar-refractivity contribution in [3.05, 3.63) is 34.3 Å². The highest BCUT2D eigenvalue weighted by Crippen LogP contribution is 2.33. The summed E-state index contributed by atoms with van der Waals surface area (Å²) in [6.45, 7) is 3.83. The molecule has 0 spiro atoms. The highest BCUT2D eigenvalue weighted by atomic mass is 32.1. The molecule has 104 valence electrons. The first-order valence-corrected chi connectivity index (χ1v) is 6.54. The van der Waals surface area contributed by atoms with Gasteiger partial charge in [0.15, 0.2) is 5.82 Å². The lowest BCUT2D eigenvalue weighted by molar-refractivity contribution is -0.138. The zero-order valence-electron chi connectivity index (χ0n) is 10.6. The number of alkyl halides is 3. The average molecular weight is 298 g/mol. The molecule has 0 saturated heterocycles. The van der Waals surface area contributed by atoms with Gasteiger partial charge in [0.2, 0.25) is 9.97 Å². The van der Waals surface area contributed by atoms with E-state index in [0.717, 1.165) is 15.6 Å². The van der Waals surface area contributed by atoms with Crippen molar-refractivity contribution in [1.29, 1.82) is 0 Å². The number of aryl methyl sites for hydroxylation is 2. The molecule has 0 atom stereocenters. The van der Waals surface area contributed by atoms with Gasteiger partial charge in [-0.2, -0.15) is 17.7 Å². The first-order chi connectivity index (χ1) is 9.34. The molecular weight excluding hydrogens is 289 g/mol.